The van der Waals surface area contributed by atoms with Crippen molar-refractivity contribution < 1.29 is 14.7 Å². The number of hydrogen-bond acceptors (Lipinski definition) is 2. The number of carbonyl (C=O) groups excluding carboxylic acids is 1. The molecule has 1 aromatic rings. The molecule has 126 valence electrons. The molecule has 5 heteroatoms. The minimum absolute atomic E-state index is 0.121. The molecule has 0 aromatic heterocycles. The first kappa shape index (κ1) is 18.0. The second-order valence-electron chi connectivity index (χ2n) is 6.83. The Bertz CT molecular complexity index is 585. The topological polar surface area (TPSA) is 57.6 Å². The Hall–Kier alpha value is -1.36. The van der Waals surface area contributed by atoms with Crippen LogP contribution in [0, 0.1) is 5.92 Å². The highest BCUT2D eigenvalue weighted by atomic mass is 79.9. The van der Waals surface area contributed by atoms with Gasteiger partial charge in [-0.3, -0.25) is 9.59 Å². The Morgan fingerprint density at radius 3 is 2.78 bits per heavy atom. The number of piperidine rings is 1. The normalized spacial score (nSPS) is 18.7. The molecule has 1 amide bonds. The van der Waals surface area contributed by atoms with Crippen molar-refractivity contribution >= 4 is 27.8 Å². The summed E-state index contributed by atoms with van der Waals surface area (Å²) in [5.74, 6) is -0.347. The van der Waals surface area contributed by atoms with Crippen LogP contribution >= 0.6 is 15.9 Å². The van der Waals surface area contributed by atoms with Crippen molar-refractivity contribution in [2.45, 2.75) is 44.9 Å². The largest absolute Gasteiger partial charge is 0.481 e. The fourth-order valence-electron chi connectivity index (χ4n) is 3.21. The van der Waals surface area contributed by atoms with Gasteiger partial charge in [-0.1, -0.05) is 28.1 Å². The molecule has 1 heterocycles. The van der Waals surface area contributed by atoms with Crippen LogP contribution in [0.15, 0.2) is 28.7 Å². The molecule has 23 heavy (non-hydrogen) atoms. The van der Waals surface area contributed by atoms with Crippen molar-refractivity contribution in [2.24, 2.45) is 5.92 Å². The van der Waals surface area contributed by atoms with E-state index in [0.29, 0.717) is 18.9 Å². The van der Waals surface area contributed by atoms with Gasteiger partial charge in [0.25, 0.3) is 0 Å². The van der Waals surface area contributed by atoms with Crippen molar-refractivity contribution in [3.05, 3.63) is 34.3 Å². The van der Waals surface area contributed by atoms with Crippen molar-refractivity contribution in [2.75, 3.05) is 13.1 Å². The first-order valence-electron chi connectivity index (χ1n) is 8.08. The van der Waals surface area contributed by atoms with Crippen LogP contribution in [0.4, 0.5) is 0 Å². The highest BCUT2D eigenvalue weighted by Crippen LogP contribution is 2.30. The molecule has 1 fully saturated rings. The zero-order valence-corrected chi connectivity index (χ0v) is 15.3. The van der Waals surface area contributed by atoms with Gasteiger partial charge in [0.15, 0.2) is 0 Å². The zero-order valence-electron chi connectivity index (χ0n) is 13.7. The lowest BCUT2D eigenvalue weighted by atomic mass is 9.82. The van der Waals surface area contributed by atoms with Gasteiger partial charge < -0.3 is 10.0 Å². The molecule has 0 radical (unpaired) electrons. The maximum atomic E-state index is 13.0. The summed E-state index contributed by atoms with van der Waals surface area (Å²) in [6.07, 6.45) is 2.79. The van der Waals surface area contributed by atoms with Crippen LogP contribution < -0.4 is 0 Å². The molecule has 1 unspecified atom stereocenters. The number of carboxylic acids is 1. The molecular formula is C18H24BrNO3. The van der Waals surface area contributed by atoms with E-state index in [4.69, 9.17) is 5.11 Å². The number of halogens is 1. The monoisotopic (exact) mass is 381 g/mol. The second-order valence-corrected chi connectivity index (χ2v) is 7.74. The zero-order chi connectivity index (χ0) is 17.0. The Morgan fingerprint density at radius 1 is 1.39 bits per heavy atom. The summed E-state index contributed by atoms with van der Waals surface area (Å²) in [6.45, 7) is 5.35. The lowest BCUT2D eigenvalue weighted by Crippen LogP contribution is -2.48. The molecule has 0 aliphatic carbocycles. The third kappa shape index (κ3) is 4.56. The SMILES string of the molecule is CC(C)(C(=O)N1CCCC(CCC(=O)O)C1)c1cccc(Br)c1. The van der Waals surface area contributed by atoms with E-state index in [1.165, 1.54) is 0 Å². The predicted octanol–water partition coefficient (Wildman–Crippen LogP) is 3.83. The molecule has 0 spiro atoms. The van der Waals surface area contributed by atoms with Crippen LogP contribution in [-0.4, -0.2) is 35.0 Å². The third-order valence-electron chi connectivity index (χ3n) is 4.65. The van der Waals surface area contributed by atoms with Crippen LogP contribution in [0.25, 0.3) is 0 Å². The quantitative estimate of drug-likeness (QED) is 0.842. The Labute approximate surface area is 146 Å². The molecule has 2 rings (SSSR count). The van der Waals surface area contributed by atoms with E-state index in [9.17, 15) is 9.59 Å². The van der Waals surface area contributed by atoms with Crippen molar-refractivity contribution in [3.8, 4) is 0 Å². The van der Waals surface area contributed by atoms with Crippen LogP contribution in [-0.2, 0) is 15.0 Å². The third-order valence-corrected chi connectivity index (χ3v) is 5.15. The molecule has 1 atom stereocenters. The Morgan fingerprint density at radius 2 is 2.13 bits per heavy atom. The lowest BCUT2D eigenvalue weighted by Gasteiger charge is -2.38. The summed E-state index contributed by atoms with van der Waals surface area (Å²) >= 11 is 3.46. The fourth-order valence-corrected chi connectivity index (χ4v) is 3.61. The summed E-state index contributed by atoms with van der Waals surface area (Å²) < 4.78 is 0.967. The van der Waals surface area contributed by atoms with E-state index in [-0.39, 0.29) is 12.3 Å². The summed E-state index contributed by atoms with van der Waals surface area (Å²) in [5.41, 5.74) is 0.405. The van der Waals surface area contributed by atoms with Gasteiger partial charge in [-0.2, -0.15) is 0 Å². The first-order valence-corrected chi connectivity index (χ1v) is 8.87. The maximum absolute atomic E-state index is 13.0. The number of hydrogen-bond donors (Lipinski definition) is 1. The number of aliphatic carboxylic acids is 1. The van der Waals surface area contributed by atoms with Gasteiger partial charge in [0.05, 0.1) is 5.41 Å². The van der Waals surface area contributed by atoms with Crippen molar-refractivity contribution in [3.63, 3.8) is 0 Å². The van der Waals surface area contributed by atoms with Crippen LogP contribution in [0.2, 0.25) is 0 Å². The van der Waals surface area contributed by atoms with Gasteiger partial charge in [-0.05, 0) is 56.7 Å². The molecular weight excluding hydrogens is 358 g/mol. The Balaban J connectivity index is 2.07. The second kappa shape index (κ2) is 7.47. The minimum atomic E-state index is -0.761. The predicted molar refractivity (Wildman–Crippen MR) is 93.3 cm³/mol. The Kier molecular flexibility index (Phi) is 5.84. The summed E-state index contributed by atoms with van der Waals surface area (Å²) in [5, 5.41) is 8.84. The van der Waals surface area contributed by atoms with Gasteiger partial charge in [0.1, 0.15) is 0 Å². The van der Waals surface area contributed by atoms with Crippen molar-refractivity contribution in [1.82, 2.24) is 4.90 Å². The molecule has 1 aromatic carbocycles. The van der Waals surface area contributed by atoms with Crippen LogP contribution in [0.3, 0.4) is 0 Å². The number of nitrogens with zero attached hydrogens (tertiary/aromatic N) is 1. The van der Waals surface area contributed by atoms with Crippen LogP contribution in [0.5, 0.6) is 0 Å². The lowest BCUT2D eigenvalue weighted by molar-refractivity contribution is -0.138. The highest BCUT2D eigenvalue weighted by Gasteiger charge is 2.36. The van der Waals surface area contributed by atoms with E-state index in [1.54, 1.807) is 0 Å². The molecule has 4 nitrogen and oxygen atoms in total. The van der Waals surface area contributed by atoms with Gasteiger partial charge in [0.2, 0.25) is 5.91 Å². The molecule has 1 N–H and O–H groups in total. The number of carbonyl (C=O) groups is 2. The smallest absolute Gasteiger partial charge is 0.303 e. The molecule has 1 saturated heterocycles. The first-order chi connectivity index (χ1) is 10.8. The van der Waals surface area contributed by atoms with E-state index < -0.39 is 11.4 Å². The number of benzene rings is 1. The maximum Gasteiger partial charge on any atom is 0.303 e. The number of likely N-dealkylation sites (tertiary alicyclic amines) is 1. The summed E-state index contributed by atoms with van der Waals surface area (Å²) in [4.78, 5) is 25.7. The van der Waals surface area contributed by atoms with Gasteiger partial charge in [-0.15, -0.1) is 0 Å². The number of carboxylic acid groups (broad SMARTS) is 1. The van der Waals surface area contributed by atoms with Crippen LogP contribution in [0.1, 0.15) is 45.1 Å². The van der Waals surface area contributed by atoms with E-state index in [2.05, 4.69) is 15.9 Å². The van der Waals surface area contributed by atoms with E-state index >= 15 is 0 Å². The molecule has 1 aliphatic rings. The fraction of sp³-hybridized carbons (Fsp3) is 0.556. The average molecular weight is 382 g/mol. The van der Waals surface area contributed by atoms with E-state index in [0.717, 1.165) is 29.4 Å². The summed E-state index contributed by atoms with van der Waals surface area (Å²) in [6, 6.07) is 7.87. The van der Waals surface area contributed by atoms with Crippen molar-refractivity contribution in [1.29, 1.82) is 0 Å². The summed E-state index contributed by atoms with van der Waals surface area (Å²) in [7, 11) is 0. The highest BCUT2D eigenvalue weighted by molar-refractivity contribution is 9.10. The average Bonchev–Trinajstić information content (AvgIpc) is 2.52. The van der Waals surface area contributed by atoms with Gasteiger partial charge in [0, 0.05) is 24.0 Å². The standard InChI is InChI=1S/C18H24BrNO3/c1-18(2,14-6-3-7-15(19)11-14)17(23)20-10-4-5-13(12-20)8-9-16(21)22/h3,6-7,11,13H,4-5,8-10,12H2,1-2H3,(H,21,22). The minimum Gasteiger partial charge on any atom is -0.481 e. The molecule has 0 bridgehead atoms. The number of amides is 1. The van der Waals surface area contributed by atoms with E-state index in [1.807, 2.05) is 43.0 Å². The number of rotatable bonds is 5. The van der Waals surface area contributed by atoms with Gasteiger partial charge >= 0.3 is 5.97 Å². The molecule has 0 saturated carbocycles. The molecule has 1 aliphatic heterocycles. The van der Waals surface area contributed by atoms with Gasteiger partial charge in [-0.25, -0.2) is 0 Å².